The normalized spacial score (nSPS) is 14.2. The summed E-state index contributed by atoms with van der Waals surface area (Å²) in [5, 5.41) is 9.16. The number of carbonyl (C=O) groups is 2. The van der Waals surface area contributed by atoms with Crippen molar-refractivity contribution in [1.29, 1.82) is 0 Å². The maximum Gasteiger partial charge on any atom is 0.272 e. The quantitative estimate of drug-likeness (QED) is 0.685. The second kappa shape index (κ2) is 9.03. The molecule has 1 aliphatic rings. The predicted octanol–water partition coefficient (Wildman–Crippen LogP) is 3.62. The summed E-state index contributed by atoms with van der Waals surface area (Å²) in [7, 11) is 0. The van der Waals surface area contributed by atoms with Gasteiger partial charge >= 0.3 is 0 Å². The van der Waals surface area contributed by atoms with Crippen LogP contribution in [0.2, 0.25) is 0 Å². The van der Waals surface area contributed by atoms with Crippen LogP contribution in [-0.2, 0) is 9.59 Å². The first-order valence-electron chi connectivity index (χ1n) is 8.92. The first-order chi connectivity index (χ1) is 13.6. The van der Waals surface area contributed by atoms with Gasteiger partial charge in [0.15, 0.2) is 0 Å². The highest BCUT2D eigenvalue weighted by Gasteiger charge is 2.40. The lowest BCUT2D eigenvalue weighted by molar-refractivity contribution is -0.119. The maximum atomic E-state index is 13.2. The summed E-state index contributed by atoms with van der Waals surface area (Å²) < 4.78 is 18.8. The Morgan fingerprint density at radius 3 is 2.32 bits per heavy atom. The van der Waals surface area contributed by atoms with Crippen LogP contribution in [0.3, 0.4) is 0 Å². The summed E-state index contributed by atoms with van der Waals surface area (Å²) >= 11 is 1.13. The lowest BCUT2D eigenvalue weighted by Crippen LogP contribution is -2.31. The second-order valence-electron chi connectivity index (χ2n) is 6.07. The van der Waals surface area contributed by atoms with E-state index in [2.05, 4.69) is 0 Å². The van der Waals surface area contributed by atoms with Crippen molar-refractivity contribution in [3.63, 3.8) is 0 Å². The lowest BCUT2D eigenvalue weighted by Gasteiger charge is -2.15. The number of aliphatic hydroxyl groups excluding tert-OH is 1. The Hall–Kier alpha value is -2.64. The minimum Gasteiger partial charge on any atom is -0.494 e. The van der Waals surface area contributed by atoms with Gasteiger partial charge in [-0.2, -0.15) is 0 Å². The highest BCUT2D eigenvalue weighted by Crippen LogP contribution is 2.38. The Kier molecular flexibility index (Phi) is 6.49. The van der Waals surface area contributed by atoms with Crippen LogP contribution in [0.25, 0.3) is 5.57 Å². The third-order valence-electron chi connectivity index (χ3n) is 4.08. The number of hydrogen-bond acceptors (Lipinski definition) is 5. The van der Waals surface area contributed by atoms with E-state index in [9.17, 15) is 14.0 Å². The molecule has 3 rings (SSSR count). The molecule has 0 aliphatic carbocycles. The number of nitrogens with zero attached hydrogens (tertiary/aromatic N) is 1. The van der Waals surface area contributed by atoms with E-state index >= 15 is 0 Å². The molecule has 0 saturated carbocycles. The Morgan fingerprint density at radius 1 is 1.04 bits per heavy atom. The van der Waals surface area contributed by atoms with Gasteiger partial charge in [0.05, 0.1) is 29.4 Å². The van der Waals surface area contributed by atoms with Crippen molar-refractivity contribution in [2.45, 2.75) is 13.3 Å². The average molecular weight is 401 g/mol. The van der Waals surface area contributed by atoms with Gasteiger partial charge in [0.25, 0.3) is 11.8 Å². The molecule has 0 spiro atoms. The fourth-order valence-corrected chi connectivity index (χ4v) is 3.67. The summed E-state index contributed by atoms with van der Waals surface area (Å²) in [6.45, 7) is 2.48. The van der Waals surface area contributed by atoms with Gasteiger partial charge in [-0.25, -0.2) is 9.29 Å². The van der Waals surface area contributed by atoms with Gasteiger partial charge in [-0.05, 0) is 48.4 Å². The highest BCUT2D eigenvalue weighted by molar-refractivity contribution is 8.04. The molecular weight excluding hydrogens is 381 g/mol. The monoisotopic (exact) mass is 401 g/mol. The number of ether oxygens (including phenoxy) is 1. The molecular formula is C21H20FNO4S. The van der Waals surface area contributed by atoms with E-state index in [0.29, 0.717) is 23.6 Å². The SMILES string of the molecule is CCCOc1ccc(C2=C(SCCO)C(=O)N(c3ccc(F)cc3)C2=O)cc1. The van der Waals surface area contributed by atoms with Gasteiger partial charge in [-0.3, -0.25) is 9.59 Å². The van der Waals surface area contributed by atoms with E-state index in [-0.39, 0.29) is 22.8 Å². The molecule has 146 valence electrons. The number of benzene rings is 2. The van der Waals surface area contributed by atoms with Crippen LogP contribution in [0.4, 0.5) is 10.1 Å². The summed E-state index contributed by atoms with van der Waals surface area (Å²) in [4.78, 5) is 27.3. The first-order valence-corrected chi connectivity index (χ1v) is 9.91. The fraction of sp³-hybridized carbons (Fsp3) is 0.238. The van der Waals surface area contributed by atoms with Crippen molar-refractivity contribution in [2.75, 3.05) is 23.9 Å². The largest absolute Gasteiger partial charge is 0.494 e. The molecule has 7 heteroatoms. The van der Waals surface area contributed by atoms with E-state index in [1.165, 1.54) is 24.3 Å². The summed E-state index contributed by atoms with van der Waals surface area (Å²) in [6.07, 6.45) is 0.883. The van der Waals surface area contributed by atoms with Gasteiger partial charge in [-0.15, -0.1) is 11.8 Å². The Morgan fingerprint density at radius 2 is 1.71 bits per heavy atom. The minimum absolute atomic E-state index is 0.122. The van der Waals surface area contributed by atoms with Crippen LogP contribution >= 0.6 is 11.8 Å². The number of imide groups is 1. The number of anilines is 1. The van der Waals surface area contributed by atoms with E-state index in [4.69, 9.17) is 9.84 Å². The van der Waals surface area contributed by atoms with Gasteiger partial charge in [-0.1, -0.05) is 19.1 Å². The topological polar surface area (TPSA) is 66.8 Å². The molecule has 2 aromatic rings. The second-order valence-corrected chi connectivity index (χ2v) is 7.18. The number of aliphatic hydroxyl groups is 1. The predicted molar refractivity (Wildman–Crippen MR) is 108 cm³/mol. The zero-order valence-corrected chi connectivity index (χ0v) is 16.2. The van der Waals surface area contributed by atoms with E-state index in [0.717, 1.165) is 23.1 Å². The number of amides is 2. The maximum absolute atomic E-state index is 13.2. The standard InChI is InChI=1S/C21H20FNO4S/c1-2-12-27-17-9-3-14(4-10-17)18-19(28-13-11-24)21(26)23(20(18)25)16-7-5-15(22)6-8-16/h3-10,24H,2,11-13H2,1H3. The number of carbonyl (C=O) groups excluding carboxylic acids is 2. The molecule has 28 heavy (non-hydrogen) atoms. The van der Waals surface area contributed by atoms with E-state index in [1.807, 2.05) is 6.92 Å². The average Bonchev–Trinajstić information content (AvgIpc) is 2.95. The summed E-state index contributed by atoms with van der Waals surface area (Å²) in [5.74, 6) is -0.431. The molecule has 1 aliphatic heterocycles. The zero-order valence-electron chi connectivity index (χ0n) is 15.4. The molecule has 0 atom stereocenters. The van der Waals surface area contributed by atoms with Crippen molar-refractivity contribution in [3.05, 3.63) is 64.8 Å². The molecule has 0 saturated heterocycles. The van der Waals surface area contributed by atoms with E-state index < -0.39 is 17.6 Å². The Balaban J connectivity index is 1.97. The molecule has 2 aromatic carbocycles. The number of thioether (sulfide) groups is 1. The molecule has 1 heterocycles. The van der Waals surface area contributed by atoms with Gasteiger partial charge in [0, 0.05) is 5.75 Å². The molecule has 2 amide bonds. The van der Waals surface area contributed by atoms with Gasteiger partial charge in [0.2, 0.25) is 0 Å². The van der Waals surface area contributed by atoms with Crippen LogP contribution in [0.5, 0.6) is 5.75 Å². The van der Waals surface area contributed by atoms with E-state index in [1.54, 1.807) is 24.3 Å². The van der Waals surface area contributed by atoms with Crippen molar-refractivity contribution >= 4 is 34.8 Å². The van der Waals surface area contributed by atoms with Crippen LogP contribution in [-0.4, -0.2) is 35.9 Å². The van der Waals surface area contributed by atoms with Gasteiger partial charge in [0.1, 0.15) is 11.6 Å². The third-order valence-corrected chi connectivity index (χ3v) is 5.13. The van der Waals surface area contributed by atoms with Crippen LogP contribution < -0.4 is 9.64 Å². The number of rotatable bonds is 8. The number of hydrogen-bond donors (Lipinski definition) is 1. The molecule has 1 N–H and O–H groups in total. The van der Waals surface area contributed by atoms with Crippen molar-refractivity contribution in [2.24, 2.45) is 0 Å². The Labute approximate surface area is 166 Å². The van der Waals surface area contributed by atoms with Gasteiger partial charge < -0.3 is 9.84 Å². The molecule has 0 unspecified atom stereocenters. The smallest absolute Gasteiger partial charge is 0.272 e. The van der Waals surface area contributed by atoms with Crippen LogP contribution in [0, 0.1) is 5.82 Å². The van der Waals surface area contributed by atoms with Crippen molar-refractivity contribution < 1.29 is 23.8 Å². The summed E-state index contributed by atoms with van der Waals surface area (Å²) in [5.41, 5.74) is 1.17. The molecule has 5 nitrogen and oxygen atoms in total. The number of halogens is 1. The molecule has 0 fully saturated rings. The fourth-order valence-electron chi connectivity index (χ4n) is 2.81. The van der Waals surface area contributed by atoms with Crippen LogP contribution in [0.1, 0.15) is 18.9 Å². The Bertz CT molecular complexity index is 894. The zero-order chi connectivity index (χ0) is 20.1. The molecule has 0 aromatic heterocycles. The third kappa shape index (κ3) is 4.10. The highest BCUT2D eigenvalue weighted by atomic mass is 32.2. The van der Waals surface area contributed by atoms with Crippen molar-refractivity contribution in [1.82, 2.24) is 0 Å². The lowest BCUT2D eigenvalue weighted by atomic mass is 10.1. The molecule has 0 bridgehead atoms. The summed E-state index contributed by atoms with van der Waals surface area (Å²) in [6, 6.07) is 12.2. The van der Waals surface area contributed by atoms with Crippen LogP contribution in [0.15, 0.2) is 53.4 Å². The first kappa shape index (κ1) is 20.1. The minimum atomic E-state index is -0.476. The van der Waals surface area contributed by atoms with Crippen molar-refractivity contribution in [3.8, 4) is 5.75 Å². The molecule has 0 radical (unpaired) electrons.